The highest BCUT2D eigenvalue weighted by atomic mass is 16.5. The van der Waals surface area contributed by atoms with Crippen LogP contribution >= 0.6 is 0 Å². The number of hydrogen-bond donors (Lipinski definition) is 1. The summed E-state index contributed by atoms with van der Waals surface area (Å²) >= 11 is 0. The molecule has 2 rings (SSSR count). The molecule has 3 nitrogen and oxygen atoms in total. The number of rotatable bonds is 5. The Kier molecular flexibility index (Phi) is 4.20. The summed E-state index contributed by atoms with van der Waals surface area (Å²) in [4.78, 5) is 1.90. The third-order valence-corrected chi connectivity index (χ3v) is 2.82. The van der Waals surface area contributed by atoms with Gasteiger partial charge in [-0.15, -0.1) is 0 Å². The molecule has 0 aliphatic carbocycles. The fourth-order valence-corrected chi connectivity index (χ4v) is 1.81. The van der Waals surface area contributed by atoms with Gasteiger partial charge in [0.25, 0.3) is 0 Å². The third kappa shape index (κ3) is 3.02. The number of nitrogens with zero attached hydrogens (tertiary/aromatic N) is 1. The summed E-state index contributed by atoms with van der Waals surface area (Å²) in [6.45, 7) is 0.667. The summed E-state index contributed by atoms with van der Waals surface area (Å²) in [6.07, 6.45) is 0. The molecule has 0 aromatic heterocycles. The summed E-state index contributed by atoms with van der Waals surface area (Å²) in [6, 6.07) is 17.7. The van der Waals surface area contributed by atoms with Crippen molar-refractivity contribution in [2.75, 3.05) is 18.7 Å². The molecule has 0 spiro atoms. The Bertz CT molecular complexity index is 468. The van der Waals surface area contributed by atoms with Gasteiger partial charge < -0.3 is 14.7 Å². The number of hydrogen-bond acceptors (Lipinski definition) is 3. The highest BCUT2D eigenvalue weighted by Gasteiger charge is 2.05. The van der Waals surface area contributed by atoms with Gasteiger partial charge in [0, 0.05) is 12.2 Å². The SMILES string of the molecule is COc1ccc(CN(CO)c2ccccc2)cc1. The van der Waals surface area contributed by atoms with Crippen LogP contribution in [0.3, 0.4) is 0 Å². The fourth-order valence-electron chi connectivity index (χ4n) is 1.81. The molecule has 2 aromatic rings. The Morgan fingerprint density at radius 2 is 1.67 bits per heavy atom. The number of anilines is 1. The first kappa shape index (κ1) is 12.5. The normalized spacial score (nSPS) is 10.1. The van der Waals surface area contributed by atoms with E-state index in [1.165, 1.54) is 0 Å². The molecule has 0 unspecified atom stereocenters. The van der Waals surface area contributed by atoms with Crippen LogP contribution in [-0.4, -0.2) is 18.9 Å². The predicted octanol–water partition coefficient (Wildman–Crippen LogP) is 2.65. The highest BCUT2D eigenvalue weighted by Crippen LogP contribution is 2.17. The topological polar surface area (TPSA) is 32.7 Å². The monoisotopic (exact) mass is 243 g/mol. The van der Waals surface area contributed by atoms with Crippen molar-refractivity contribution < 1.29 is 9.84 Å². The Morgan fingerprint density at radius 3 is 2.22 bits per heavy atom. The van der Waals surface area contributed by atoms with Gasteiger partial charge in [0.1, 0.15) is 12.5 Å². The molecule has 0 saturated heterocycles. The van der Waals surface area contributed by atoms with Crippen LogP contribution in [0, 0.1) is 0 Å². The highest BCUT2D eigenvalue weighted by molar-refractivity contribution is 5.46. The molecule has 3 heteroatoms. The summed E-state index contributed by atoms with van der Waals surface area (Å²) in [5.74, 6) is 0.842. The van der Waals surface area contributed by atoms with E-state index in [0.717, 1.165) is 17.0 Å². The smallest absolute Gasteiger partial charge is 0.118 e. The summed E-state index contributed by atoms with van der Waals surface area (Å²) in [5.41, 5.74) is 2.14. The summed E-state index contributed by atoms with van der Waals surface area (Å²) in [5, 5.41) is 9.44. The number of benzene rings is 2. The van der Waals surface area contributed by atoms with E-state index in [1.54, 1.807) is 7.11 Å². The minimum absolute atomic E-state index is 0.00393. The summed E-state index contributed by atoms with van der Waals surface area (Å²) < 4.78 is 5.12. The second-order valence-corrected chi connectivity index (χ2v) is 4.02. The van der Waals surface area contributed by atoms with Crippen LogP contribution in [0.5, 0.6) is 5.75 Å². The van der Waals surface area contributed by atoms with Crippen LogP contribution < -0.4 is 9.64 Å². The molecule has 0 fully saturated rings. The average molecular weight is 243 g/mol. The van der Waals surface area contributed by atoms with Crippen molar-refractivity contribution >= 4 is 5.69 Å². The van der Waals surface area contributed by atoms with E-state index in [1.807, 2.05) is 59.5 Å². The molecule has 94 valence electrons. The maximum absolute atomic E-state index is 9.44. The third-order valence-electron chi connectivity index (χ3n) is 2.82. The minimum atomic E-state index is -0.00393. The molecule has 0 amide bonds. The lowest BCUT2D eigenvalue weighted by atomic mass is 10.2. The van der Waals surface area contributed by atoms with Crippen molar-refractivity contribution in [1.82, 2.24) is 0 Å². The van der Waals surface area contributed by atoms with Crippen molar-refractivity contribution in [3.8, 4) is 5.75 Å². The Balaban J connectivity index is 2.10. The van der Waals surface area contributed by atoms with Gasteiger partial charge in [-0.25, -0.2) is 0 Å². The summed E-state index contributed by atoms with van der Waals surface area (Å²) in [7, 11) is 1.65. The standard InChI is InChI=1S/C15H17NO2/c1-18-15-9-7-13(8-10-15)11-16(12-17)14-5-3-2-4-6-14/h2-10,17H,11-12H2,1H3. The zero-order chi connectivity index (χ0) is 12.8. The Hall–Kier alpha value is -2.00. The molecule has 0 atom stereocenters. The maximum atomic E-state index is 9.44. The Labute approximate surface area is 107 Å². The molecule has 0 saturated carbocycles. The Morgan fingerprint density at radius 1 is 1.00 bits per heavy atom. The van der Waals surface area contributed by atoms with Crippen LogP contribution in [0.1, 0.15) is 5.56 Å². The maximum Gasteiger partial charge on any atom is 0.118 e. The molecule has 0 heterocycles. The molecule has 0 aliphatic rings. The first-order chi connectivity index (χ1) is 8.83. The lowest BCUT2D eigenvalue weighted by Gasteiger charge is -2.22. The predicted molar refractivity (Wildman–Crippen MR) is 72.7 cm³/mol. The van der Waals surface area contributed by atoms with Crippen molar-refractivity contribution in [2.45, 2.75) is 6.54 Å². The van der Waals surface area contributed by atoms with Crippen molar-refractivity contribution in [3.05, 3.63) is 60.2 Å². The van der Waals surface area contributed by atoms with Crippen LogP contribution in [0.4, 0.5) is 5.69 Å². The van der Waals surface area contributed by atoms with E-state index in [2.05, 4.69) is 0 Å². The quantitative estimate of drug-likeness (QED) is 0.819. The molecular weight excluding hydrogens is 226 g/mol. The second kappa shape index (κ2) is 6.07. The molecule has 0 bridgehead atoms. The van der Waals surface area contributed by atoms with Gasteiger partial charge in [0.2, 0.25) is 0 Å². The van der Waals surface area contributed by atoms with E-state index in [9.17, 15) is 5.11 Å². The molecular formula is C15H17NO2. The molecule has 0 radical (unpaired) electrons. The number of ether oxygens (including phenoxy) is 1. The first-order valence-corrected chi connectivity index (χ1v) is 5.87. The van der Waals surface area contributed by atoms with Crippen LogP contribution in [0.2, 0.25) is 0 Å². The van der Waals surface area contributed by atoms with Gasteiger partial charge in [0.05, 0.1) is 7.11 Å². The largest absolute Gasteiger partial charge is 0.497 e. The van der Waals surface area contributed by atoms with E-state index < -0.39 is 0 Å². The van der Waals surface area contributed by atoms with Gasteiger partial charge in [-0.3, -0.25) is 0 Å². The van der Waals surface area contributed by atoms with Gasteiger partial charge >= 0.3 is 0 Å². The van der Waals surface area contributed by atoms with Crippen LogP contribution in [0.25, 0.3) is 0 Å². The lowest BCUT2D eigenvalue weighted by molar-refractivity contribution is 0.289. The van der Waals surface area contributed by atoms with Gasteiger partial charge in [0.15, 0.2) is 0 Å². The van der Waals surface area contributed by atoms with Crippen molar-refractivity contribution in [2.24, 2.45) is 0 Å². The average Bonchev–Trinajstić information content (AvgIpc) is 2.46. The zero-order valence-electron chi connectivity index (χ0n) is 10.4. The van der Waals surface area contributed by atoms with Gasteiger partial charge in [-0.2, -0.15) is 0 Å². The number of para-hydroxylation sites is 1. The molecule has 2 aromatic carbocycles. The van der Waals surface area contributed by atoms with Gasteiger partial charge in [-0.1, -0.05) is 30.3 Å². The molecule has 0 aliphatic heterocycles. The van der Waals surface area contributed by atoms with Crippen molar-refractivity contribution in [1.29, 1.82) is 0 Å². The first-order valence-electron chi connectivity index (χ1n) is 5.87. The molecule has 1 N–H and O–H groups in total. The zero-order valence-corrected chi connectivity index (χ0v) is 10.4. The van der Waals surface area contributed by atoms with Crippen LogP contribution in [-0.2, 0) is 6.54 Å². The van der Waals surface area contributed by atoms with Crippen molar-refractivity contribution in [3.63, 3.8) is 0 Å². The van der Waals surface area contributed by atoms with Gasteiger partial charge in [-0.05, 0) is 29.8 Å². The number of aliphatic hydroxyl groups is 1. The lowest BCUT2D eigenvalue weighted by Crippen LogP contribution is -2.23. The fraction of sp³-hybridized carbons (Fsp3) is 0.200. The van der Waals surface area contributed by atoms with E-state index in [-0.39, 0.29) is 6.73 Å². The van der Waals surface area contributed by atoms with E-state index >= 15 is 0 Å². The van der Waals surface area contributed by atoms with Crippen LogP contribution in [0.15, 0.2) is 54.6 Å². The molecule has 18 heavy (non-hydrogen) atoms. The minimum Gasteiger partial charge on any atom is -0.497 e. The van der Waals surface area contributed by atoms with E-state index in [4.69, 9.17) is 4.74 Å². The second-order valence-electron chi connectivity index (χ2n) is 4.02. The number of methoxy groups -OCH3 is 1. The van der Waals surface area contributed by atoms with E-state index in [0.29, 0.717) is 6.54 Å². The number of aliphatic hydroxyl groups excluding tert-OH is 1.